The molecule has 2 rings (SSSR count). The van der Waals surface area contributed by atoms with E-state index in [1.807, 2.05) is 18.4 Å². The number of hydrazine groups is 1. The zero-order valence-electron chi connectivity index (χ0n) is 10.6. The SMILES string of the molecule is Cc1ccnc(SCc2cc(C(=O)NN)oc2C)n1. The van der Waals surface area contributed by atoms with E-state index in [2.05, 4.69) is 9.97 Å². The topological polar surface area (TPSA) is 94.0 Å². The molecule has 0 aliphatic rings. The van der Waals surface area contributed by atoms with Crippen LogP contribution in [0.25, 0.3) is 0 Å². The molecule has 0 aliphatic carbocycles. The van der Waals surface area contributed by atoms with Crippen LogP contribution in [0.1, 0.15) is 27.6 Å². The number of nitrogens with zero attached hydrogens (tertiary/aromatic N) is 2. The number of nitrogens with one attached hydrogen (secondary N) is 1. The third-order valence-corrected chi connectivity index (χ3v) is 3.42. The summed E-state index contributed by atoms with van der Waals surface area (Å²) < 4.78 is 5.33. The van der Waals surface area contributed by atoms with Crippen LogP contribution >= 0.6 is 11.8 Å². The van der Waals surface area contributed by atoms with Crippen LogP contribution < -0.4 is 11.3 Å². The number of nitrogens with two attached hydrogens (primary N) is 1. The quantitative estimate of drug-likeness (QED) is 0.290. The van der Waals surface area contributed by atoms with E-state index in [9.17, 15) is 4.79 Å². The second-order valence-corrected chi connectivity index (χ2v) is 4.88. The molecule has 2 aromatic heterocycles. The van der Waals surface area contributed by atoms with Crippen LogP contribution in [0.2, 0.25) is 0 Å². The number of thioether (sulfide) groups is 1. The first-order chi connectivity index (χ1) is 9.10. The molecular weight excluding hydrogens is 264 g/mol. The van der Waals surface area contributed by atoms with Gasteiger partial charge in [-0.1, -0.05) is 11.8 Å². The summed E-state index contributed by atoms with van der Waals surface area (Å²) in [4.78, 5) is 19.8. The Morgan fingerprint density at radius 3 is 3.00 bits per heavy atom. The number of nitrogen functional groups attached to an aromatic ring is 1. The number of amides is 1. The Labute approximate surface area is 114 Å². The number of carbonyl (C=O) groups excluding carboxylic acids is 1. The average molecular weight is 278 g/mol. The Kier molecular flexibility index (Phi) is 4.18. The van der Waals surface area contributed by atoms with Crippen molar-refractivity contribution in [3.05, 3.63) is 41.1 Å². The van der Waals surface area contributed by atoms with E-state index in [-0.39, 0.29) is 5.76 Å². The van der Waals surface area contributed by atoms with Gasteiger partial charge in [-0.15, -0.1) is 0 Å². The molecular formula is C12H14N4O2S. The highest BCUT2D eigenvalue weighted by Gasteiger charge is 2.13. The molecule has 3 N–H and O–H groups in total. The smallest absolute Gasteiger partial charge is 0.300 e. The van der Waals surface area contributed by atoms with E-state index in [4.69, 9.17) is 10.3 Å². The van der Waals surface area contributed by atoms with Crippen LogP contribution in [0.5, 0.6) is 0 Å². The van der Waals surface area contributed by atoms with Crippen LogP contribution in [0.3, 0.4) is 0 Å². The number of carbonyl (C=O) groups is 1. The van der Waals surface area contributed by atoms with Gasteiger partial charge in [0, 0.05) is 23.2 Å². The summed E-state index contributed by atoms with van der Waals surface area (Å²) in [6.07, 6.45) is 1.72. The number of aryl methyl sites for hydroxylation is 2. The van der Waals surface area contributed by atoms with Crippen molar-refractivity contribution >= 4 is 17.7 Å². The minimum absolute atomic E-state index is 0.209. The summed E-state index contributed by atoms with van der Waals surface area (Å²) in [7, 11) is 0. The van der Waals surface area contributed by atoms with Crippen molar-refractivity contribution in [3.63, 3.8) is 0 Å². The molecule has 1 amide bonds. The molecule has 7 heteroatoms. The molecule has 2 aromatic rings. The number of hydrogen-bond acceptors (Lipinski definition) is 6. The van der Waals surface area contributed by atoms with Crippen LogP contribution in [0.15, 0.2) is 27.9 Å². The minimum atomic E-state index is -0.439. The molecule has 0 fully saturated rings. The van der Waals surface area contributed by atoms with Gasteiger partial charge in [0.15, 0.2) is 10.9 Å². The van der Waals surface area contributed by atoms with Crippen molar-refractivity contribution < 1.29 is 9.21 Å². The first kappa shape index (κ1) is 13.6. The molecule has 0 aliphatic heterocycles. The van der Waals surface area contributed by atoms with Crippen LogP contribution in [0.4, 0.5) is 0 Å². The summed E-state index contributed by atoms with van der Waals surface area (Å²) in [5.74, 6) is 6.16. The van der Waals surface area contributed by atoms with Crippen molar-refractivity contribution in [2.24, 2.45) is 5.84 Å². The van der Waals surface area contributed by atoms with Crippen LogP contribution in [-0.2, 0) is 5.75 Å². The first-order valence-electron chi connectivity index (χ1n) is 5.63. The first-order valence-corrected chi connectivity index (χ1v) is 6.61. The minimum Gasteiger partial charge on any atom is -0.456 e. The second kappa shape index (κ2) is 5.85. The van der Waals surface area contributed by atoms with Crippen molar-refractivity contribution in [2.45, 2.75) is 24.8 Å². The lowest BCUT2D eigenvalue weighted by Gasteiger charge is -1.99. The van der Waals surface area contributed by atoms with Gasteiger partial charge < -0.3 is 4.42 Å². The Morgan fingerprint density at radius 1 is 1.53 bits per heavy atom. The summed E-state index contributed by atoms with van der Waals surface area (Å²) in [6.45, 7) is 3.72. The van der Waals surface area contributed by atoms with Gasteiger partial charge in [0.2, 0.25) is 0 Å². The average Bonchev–Trinajstić information content (AvgIpc) is 2.77. The molecule has 0 saturated heterocycles. The van der Waals surface area contributed by atoms with Gasteiger partial charge in [0.1, 0.15) is 5.76 Å². The molecule has 0 bridgehead atoms. The lowest BCUT2D eigenvalue weighted by molar-refractivity contribution is 0.0924. The summed E-state index contributed by atoms with van der Waals surface area (Å²) in [5.41, 5.74) is 3.88. The Bertz CT molecular complexity index is 597. The molecule has 0 saturated carbocycles. The Hall–Kier alpha value is -1.86. The maximum atomic E-state index is 11.3. The van der Waals surface area contributed by atoms with E-state index in [1.165, 1.54) is 11.8 Å². The van der Waals surface area contributed by atoms with E-state index >= 15 is 0 Å². The molecule has 6 nitrogen and oxygen atoms in total. The largest absolute Gasteiger partial charge is 0.456 e. The van der Waals surface area contributed by atoms with Gasteiger partial charge in [0.05, 0.1) is 0 Å². The van der Waals surface area contributed by atoms with E-state index < -0.39 is 5.91 Å². The molecule has 19 heavy (non-hydrogen) atoms. The number of furan rings is 1. The fourth-order valence-electron chi connectivity index (χ4n) is 1.48. The van der Waals surface area contributed by atoms with Gasteiger partial charge >= 0.3 is 5.91 Å². The second-order valence-electron chi connectivity index (χ2n) is 3.93. The number of hydrogen-bond donors (Lipinski definition) is 2. The summed E-state index contributed by atoms with van der Waals surface area (Å²) in [6, 6.07) is 3.52. The number of rotatable bonds is 4. The normalized spacial score (nSPS) is 10.5. The highest BCUT2D eigenvalue weighted by molar-refractivity contribution is 7.98. The number of aromatic nitrogens is 2. The maximum absolute atomic E-state index is 11.3. The zero-order chi connectivity index (χ0) is 13.8. The molecule has 100 valence electrons. The monoisotopic (exact) mass is 278 g/mol. The predicted molar refractivity (Wildman–Crippen MR) is 71.4 cm³/mol. The van der Waals surface area contributed by atoms with Crippen molar-refractivity contribution in [1.82, 2.24) is 15.4 Å². The van der Waals surface area contributed by atoms with Crippen molar-refractivity contribution in [2.75, 3.05) is 0 Å². The molecule has 2 heterocycles. The third kappa shape index (κ3) is 3.33. The standard InChI is InChI=1S/C12H14N4O2S/c1-7-3-4-14-12(15-7)19-6-9-5-10(11(17)16-13)18-8(9)2/h3-5H,6,13H2,1-2H3,(H,16,17). The highest BCUT2D eigenvalue weighted by Crippen LogP contribution is 2.23. The maximum Gasteiger partial charge on any atom is 0.300 e. The van der Waals surface area contributed by atoms with Gasteiger partial charge in [-0.25, -0.2) is 15.8 Å². The van der Waals surface area contributed by atoms with Gasteiger partial charge in [-0.3, -0.25) is 10.2 Å². The van der Waals surface area contributed by atoms with Gasteiger partial charge in [0.25, 0.3) is 0 Å². The Balaban J connectivity index is 2.07. The summed E-state index contributed by atoms with van der Waals surface area (Å²) in [5, 5.41) is 0.699. The van der Waals surface area contributed by atoms with Crippen molar-refractivity contribution in [1.29, 1.82) is 0 Å². The third-order valence-electron chi connectivity index (χ3n) is 2.50. The molecule has 0 atom stereocenters. The van der Waals surface area contributed by atoms with E-state index in [0.29, 0.717) is 16.7 Å². The lowest BCUT2D eigenvalue weighted by Crippen LogP contribution is -2.29. The fourth-order valence-corrected chi connectivity index (χ4v) is 2.40. The highest BCUT2D eigenvalue weighted by atomic mass is 32.2. The van der Waals surface area contributed by atoms with Crippen LogP contribution in [0, 0.1) is 13.8 Å². The summed E-state index contributed by atoms with van der Waals surface area (Å²) >= 11 is 1.49. The molecule has 0 unspecified atom stereocenters. The lowest BCUT2D eigenvalue weighted by atomic mass is 10.3. The van der Waals surface area contributed by atoms with Crippen LogP contribution in [-0.4, -0.2) is 15.9 Å². The molecule has 0 radical (unpaired) electrons. The van der Waals surface area contributed by atoms with Crippen molar-refractivity contribution in [3.8, 4) is 0 Å². The zero-order valence-corrected chi connectivity index (χ0v) is 11.5. The fraction of sp³-hybridized carbons (Fsp3) is 0.250. The molecule has 0 aromatic carbocycles. The van der Waals surface area contributed by atoms with Gasteiger partial charge in [-0.2, -0.15) is 0 Å². The van der Waals surface area contributed by atoms with Gasteiger partial charge in [-0.05, 0) is 26.0 Å². The molecule has 0 spiro atoms. The Morgan fingerprint density at radius 2 is 2.32 bits per heavy atom. The predicted octanol–water partition coefficient (Wildman–Crippen LogP) is 1.58. The van der Waals surface area contributed by atoms with E-state index in [1.54, 1.807) is 19.2 Å². The van der Waals surface area contributed by atoms with E-state index in [0.717, 1.165) is 11.3 Å².